The lowest BCUT2D eigenvalue weighted by Gasteiger charge is -2.34. The van der Waals surface area contributed by atoms with E-state index in [0.717, 1.165) is 24.8 Å². The second-order valence-electron chi connectivity index (χ2n) is 4.62. The molecule has 0 amide bonds. The number of allylic oxidation sites excluding steroid dienone is 1. The number of carbonyl (C=O) groups is 1. The number of hydrogen-bond donors (Lipinski definition) is 2. The van der Waals surface area contributed by atoms with Gasteiger partial charge in [-0.3, -0.25) is 4.99 Å². The second kappa shape index (κ2) is 5.69. The number of carboxylic acid groups (broad SMARTS) is 1. The van der Waals surface area contributed by atoms with E-state index in [2.05, 4.69) is 17.2 Å². The van der Waals surface area contributed by atoms with Crippen molar-refractivity contribution in [3.63, 3.8) is 0 Å². The number of unbranched alkanes of at least 4 members (excludes halogenated alkanes) is 1. The first kappa shape index (κ1) is 13.3. The fourth-order valence-corrected chi connectivity index (χ4v) is 2.23. The zero-order valence-corrected chi connectivity index (χ0v) is 11.0. The standard InChI is InChI=1S/C15H18N2O2/c1-2-3-10-15(12-7-5-4-6-8-12)16-11-9-13(17-15)14(18)19/h4-9,11,17H,2-3,10H2,1H3,(H,18,19). The molecule has 0 radical (unpaired) electrons. The van der Waals surface area contributed by atoms with Crippen LogP contribution in [0.5, 0.6) is 0 Å². The average molecular weight is 258 g/mol. The minimum atomic E-state index is -0.956. The molecule has 19 heavy (non-hydrogen) atoms. The van der Waals surface area contributed by atoms with E-state index in [1.165, 1.54) is 6.08 Å². The Hall–Kier alpha value is -2.10. The van der Waals surface area contributed by atoms with Gasteiger partial charge in [0.2, 0.25) is 0 Å². The molecule has 0 saturated carbocycles. The van der Waals surface area contributed by atoms with E-state index in [9.17, 15) is 4.79 Å². The van der Waals surface area contributed by atoms with Gasteiger partial charge in [-0.05, 0) is 24.5 Å². The summed E-state index contributed by atoms with van der Waals surface area (Å²) in [6, 6.07) is 9.78. The maximum Gasteiger partial charge on any atom is 0.352 e. The van der Waals surface area contributed by atoms with E-state index in [1.807, 2.05) is 30.3 Å². The first-order valence-electron chi connectivity index (χ1n) is 6.50. The summed E-state index contributed by atoms with van der Waals surface area (Å²) in [6.45, 7) is 2.11. The lowest BCUT2D eigenvalue weighted by molar-refractivity contribution is -0.133. The van der Waals surface area contributed by atoms with Crippen LogP contribution in [0.3, 0.4) is 0 Å². The van der Waals surface area contributed by atoms with Gasteiger partial charge in [0.15, 0.2) is 5.66 Å². The van der Waals surface area contributed by atoms with Gasteiger partial charge in [-0.25, -0.2) is 4.79 Å². The normalized spacial score (nSPS) is 21.6. The highest BCUT2D eigenvalue weighted by Gasteiger charge is 2.33. The Bertz CT molecular complexity index is 508. The summed E-state index contributed by atoms with van der Waals surface area (Å²) in [4.78, 5) is 15.7. The quantitative estimate of drug-likeness (QED) is 0.853. The van der Waals surface area contributed by atoms with Gasteiger partial charge in [-0.2, -0.15) is 0 Å². The molecule has 0 bridgehead atoms. The molecule has 1 aromatic carbocycles. The maximum atomic E-state index is 11.2. The summed E-state index contributed by atoms with van der Waals surface area (Å²) in [6.07, 6.45) is 5.87. The van der Waals surface area contributed by atoms with Gasteiger partial charge in [-0.15, -0.1) is 0 Å². The molecule has 0 aromatic heterocycles. The van der Waals surface area contributed by atoms with Crippen molar-refractivity contribution in [2.24, 2.45) is 4.99 Å². The summed E-state index contributed by atoms with van der Waals surface area (Å²) >= 11 is 0. The van der Waals surface area contributed by atoms with Gasteiger partial charge in [-0.1, -0.05) is 43.7 Å². The van der Waals surface area contributed by atoms with Crippen LogP contribution in [0.25, 0.3) is 0 Å². The molecule has 4 nitrogen and oxygen atoms in total. The van der Waals surface area contributed by atoms with Crippen molar-refractivity contribution >= 4 is 12.2 Å². The van der Waals surface area contributed by atoms with Gasteiger partial charge >= 0.3 is 5.97 Å². The maximum absolute atomic E-state index is 11.2. The first-order valence-corrected chi connectivity index (χ1v) is 6.50. The fourth-order valence-electron chi connectivity index (χ4n) is 2.23. The van der Waals surface area contributed by atoms with E-state index >= 15 is 0 Å². The summed E-state index contributed by atoms with van der Waals surface area (Å²) in [5.74, 6) is -0.956. The Morgan fingerprint density at radius 2 is 2.11 bits per heavy atom. The molecular formula is C15H18N2O2. The van der Waals surface area contributed by atoms with Crippen LogP contribution in [0.4, 0.5) is 0 Å². The van der Waals surface area contributed by atoms with E-state index < -0.39 is 11.6 Å². The molecule has 0 spiro atoms. The SMILES string of the molecule is CCCCC1(c2ccccc2)N=CC=C(C(=O)O)N1. The van der Waals surface area contributed by atoms with Crippen molar-refractivity contribution in [2.45, 2.75) is 31.8 Å². The van der Waals surface area contributed by atoms with Crippen molar-refractivity contribution in [2.75, 3.05) is 0 Å². The molecule has 1 aliphatic heterocycles. The van der Waals surface area contributed by atoms with Gasteiger partial charge in [0.05, 0.1) is 0 Å². The molecule has 1 aliphatic rings. The van der Waals surface area contributed by atoms with E-state index in [4.69, 9.17) is 5.11 Å². The van der Waals surface area contributed by atoms with Crippen LogP contribution in [0.2, 0.25) is 0 Å². The van der Waals surface area contributed by atoms with E-state index in [-0.39, 0.29) is 5.70 Å². The number of carboxylic acids is 1. The topological polar surface area (TPSA) is 61.7 Å². The lowest BCUT2D eigenvalue weighted by atomic mass is 9.92. The number of nitrogens with one attached hydrogen (secondary N) is 1. The number of aliphatic carboxylic acids is 1. The van der Waals surface area contributed by atoms with Crippen LogP contribution in [0.15, 0.2) is 47.1 Å². The second-order valence-corrected chi connectivity index (χ2v) is 4.62. The fraction of sp³-hybridized carbons (Fsp3) is 0.333. The summed E-state index contributed by atoms with van der Waals surface area (Å²) in [7, 11) is 0. The van der Waals surface area contributed by atoms with Gasteiger partial charge in [0.1, 0.15) is 5.70 Å². The monoisotopic (exact) mass is 258 g/mol. The number of nitrogens with zero attached hydrogens (tertiary/aromatic N) is 1. The summed E-state index contributed by atoms with van der Waals surface area (Å²) < 4.78 is 0. The van der Waals surface area contributed by atoms with Crippen LogP contribution in [-0.4, -0.2) is 17.3 Å². The Balaban J connectivity index is 2.35. The molecule has 2 rings (SSSR count). The molecule has 0 aliphatic carbocycles. The number of rotatable bonds is 5. The number of hydrogen-bond acceptors (Lipinski definition) is 3. The Kier molecular flexibility index (Phi) is 4.00. The molecular weight excluding hydrogens is 240 g/mol. The zero-order chi connectivity index (χ0) is 13.7. The molecule has 2 N–H and O–H groups in total. The highest BCUT2D eigenvalue weighted by atomic mass is 16.4. The number of benzene rings is 1. The van der Waals surface area contributed by atoms with Gasteiger partial charge < -0.3 is 10.4 Å². The summed E-state index contributed by atoms with van der Waals surface area (Å²) in [5.41, 5.74) is 0.529. The predicted octanol–water partition coefficient (Wildman–Crippen LogP) is 2.67. The van der Waals surface area contributed by atoms with Crippen LogP contribution in [-0.2, 0) is 10.5 Å². The van der Waals surface area contributed by atoms with Crippen molar-refractivity contribution < 1.29 is 9.90 Å². The van der Waals surface area contributed by atoms with Crippen LogP contribution in [0, 0.1) is 0 Å². The molecule has 4 heteroatoms. The van der Waals surface area contributed by atoms with Crippen molar-refractivity contribution in [3.05, 3.63) is 47.7 Å². The van der Waals surface area contributed by atoms with E-state index in [0.29, 0.717) is 0 Å². The third-order valence-electron chi connectivity index (χ3n) is 3.25. The molecule has 1 unspecified atom stereocenters. The summed E-state index contributed by atoms with van der Waals surface area (Å²) in [5, 5.41) is 12.2. The molecule has 0 saturated heterocycles. The Morgan fingerprint density at radius 1 is 1.37 bits per heavy atom. The first-order chi connectivity index (χ1) is 9.18. The molecule has 1 aromatic rings. The third kappa shape index (κ3) is 2.84. The molecule has 1 atom stereocenters. The zero-order valence-electron chi connectivity index (χ0n) is 11.0. The largest absolute Gasteiger partial charge is 0.477 e. The van der Waals surface area contributed by atoms with Crippen molar-refractivity contribution in [1.82, 2.24) is 5.32 Å². The Morgan fingerprint density at radius 3 is 2.74 bits per heavy atom. The molecule has 1 heterocycles. The highest BCUT2D eigenvalue weighted by Crippen LogP contribution is 2.31. The predicted molar refractivity (Wildman–Crippen MR) is 75.0 cm³/mol. The third-order valence-corrected chi connectivity index (χ3v) is 3.25. The van der Waals surface area contributed by atoms with Crippen LogP contribution in [0.1, 0.15) is 31.7 Å². The Labute approximate surface area is 112 Å². The minimum Gasteiger partial charge on any atom is -0.477 e. The molecule has 100 valence electrons. The highest BCUT2D eigenvalue weighted by molar-refractivity contribution is 5.92. The van der Waals surface area contributed by atoms with Crippen molar-refractivity contribution in [3.8, 4) is 0 Å². The lowest BCUT2D eigenvalue weighted by Crippen LogP contribution is -2.44. The van der Waals surface area contributed by atoms with Crippen LogP contribution >= 0.6 is 0 Å². The van der Waals surface area contributed by atoms with Crippen molar-refractivity contribution in [1.29, 1.82) is 0 Å². The van der Waals surface area contributed by atoms with Crippen LogP contribution < -0.4 is 5.32 Å². The molecule has 0 fully saturated rings. The van der Waals surface area contributed by atoms with Gasteiger partial charge in [0, 0.05) is 6.21 Å². The van der Waals surface area contributed by atoms with E-state index in [1.54, 1.807) is 6.21 Å². The average Bonchev–Trinajstić information content (AvgIpc) is 2.46. The minimum absolute atomic E-state index is 0.190. The number of aliphatic imine (C=N–C) groups is 1. The van der Waals surface area contributed by atoms with Gasteiger partial charge in [0.25, 0.3) is 0 Å². The smallest absolute Gasteiger partial charge is 0.352 e.